The molecule has 1 atom stereocenters. The van der Waals surface area contributed by atoms with Crippen molar-refractivity contribution >= 4 is 15.9 Å². The van der Waals surface area contributed by atoms with Crippen LogP contribution in [0.5, 0.6) is 5.75 Å². The van der Waals surface area contributed by atoms with E-state index in [1.807, 2.05) is 23.9 Å². The predicted molar refractivity (Wildman–Crippen MR) is 88.5 cm³/mol. The fraction of sp³-hybridized carbons (Fsp3) is 0.438. The number of hydrogen-bond donors (Lipinski definition) is 1. The summed E-state index contributed by atoms with van der Waals surface area (Å²) in [6.45, 7) is 5.03. The third kappa shape index (κ3) is 3.66. The normalized spacial score (nSPS) is 12.4. The van der Waals surface area contributed by atoms with Crippen molar-refractivity contribution in [2.45, 2.75) is 32.9 Å². The van der Waals surface area contributed by atoms with Gasteiger partial charge in [-0.2, -0.15) is 5.10 Å². The molecule has 0 saturated carbocycles. The van der Waals surface area contributed by atoms with E-state index >= 15 is 0 Å². The van der Waals surface area contributed by atoms with Gasteiger partial charge in [0.1, 0.15) is 5.75 Å². The average Bonchev–Trinajstić information content (AvgIpc) is 2.79. The molecule has 21 heavy (non-hydrogen) atoms. The first kappa shape index (κ1) is 16.0. The Hall–Kier alpha value is -1.33. The van der Waals surface area contributed by atoms with Crippen molar-refractivity contribution in [1.29, 1.82) is 0 Å². The van der Waals surface area contributed by atoms with Crippen molar-refractivity contribution in [3.63, 3.8) is 0 Å². The number of aromatic nitrogens is 2. The number of halogens is 1. The van der Waals surface area contributed by atoms with Crippen LogP contribution in [0.1, 0.15) is 36.8 Å². The lowest BCUT2D eigenvalue weighted by Gasteiger charge is -2.15. The average molecular weight is 352 g/mol. The molecule has 114 valence electrons. The second-order valence-electron chi connectivity index (χ2n) is 5.06. The number of aryl methyl sites for hydroxylation is 2. The fourth-order valence-electron chi connectivity index (χ4n) is 2.29. The van der Waals surface area contributed by atoms with Gasteiger partial charge in [0.05, 0.1) is 23.0 Å². The molecule has 1 heterocycles. The molecule has 1 aromatic carbocycles. The molecule has 4 nitrogen and oxygen atoms in total. The van der Waals surface area contributed by atoms with Gasteiger partial charge in [-0.1, -0.05) is 19.1 Å². The van der Waals surface area contributed by atoms with E-state index < -0.39 is 0 Å². The molecule has 0 aliphatic carbocycles. The van der Waals surface area contributed by atoms with Crippen molar-refractivity contribution in [1.82, 2.24) is 15.1 Å². The van der Waals surface area contributed by atoms with E-state index in [1.165, 1.54) is 11.3 Å². The SMILES string of the molecule is CCc1nn(C)c(CN[C@@H](C)c2cccc(OC)c2)c1Br. The summed E-state index contributed by atoms with van der Waals surface area (Å²) < 4.78 is 8.32. The molecular weight excluding hydrogens is 330 g/mol. The summed E-state index contributed by atoms with van der Waals surface area (Å²) >= 11 is 3.65. The molecule has 0 unspecified atom stereocenters. The number of hydrogen-bond acceptors (Lipinski definition) is 3. The summed E-state index contributed by atoms with van der Waals surface area (Å²) in [5.74, 6) is 0.885. The summed E-state index contributed by atoms with van der Waals surface area (Å²) in [5.41, 5.74) is 3.48. The van der Waals surface area contributed by atoms with E-state index in [0.29, 0.717) is 0 Å². The highest BCUT2D eigenvalue weighted by molar-refractivity contribution is 9.10. The first-order valence-corrected chi connectivity index (χ1v) is 7.93. The van der Waals surface area contributed by atoms with Crippen LogP contribution in [0, 0.1) is 0 Å². The molecule has 0 saturated heterocycles. The van der Waals surface area contributed by atoms with Gasteiger partial charge in [-0.3, -0.25) is 4.68 Å². The van der Waals surface area contributed by atoms with Crippen LogP contribution >= 0.6 is 15.9 Å². The zero-order valence-corrected chi connectivity index (χ0v) is 14.6. The topological polar surface area (TPSA) is 39.1 Å². The Morgan fingerprint density at radius 2 is 2.19 bits per heavy atom. The van der Waals surface area contributed by atoms with Crippen LogP contribution in [0.4, 0.5) is 0 Å². The van der Waals surface area contributed by atoms with Gasteiger partial charge in [0.2, 0.25) is 0 Å². The first-order chi connectivity index (χ1) is 10.1. The van der Waals surface area contributed by atoms with Gasteiger partial charge in [-0.05, 0) is 47.0 Å². The van der Waals surface area contributed by atoms with Crippen LogP contribution in [-0.4, -0.2) is 16.9 Å². The Morgan fingerprint density at radius 3 is 2.81 bits per heavy atom. The molecule has 5 heteroatoms. The molecule has 0 radical (unpaired) electrons. The van der Waals surface area contributed by atoms with Crippen molar-refractivity contribution in [3.05, 3.63) is 45.7 Å². The lowest BCUT2D eigenvalue weighted by Crippen LogP contribution is -2.20. The van der Waals surface area contributed by atoms with Crippen LogP contribution in [0.25, 0.3) is 0 Å². The van der Waals surface area contributed by atoms with E-state index in [9.17, 15) is 0 Å². The highest BCUT2D eigenvalue weighted by Crippen LogP contribution is 2.23. The zero-order chi connectivity index (χ0) is 15.4. The molecule has 1 N–H and O–H groups in total. The third-order valence-electron chi connectivity index (χ3n) is 3.67. The van der Waals surface area contributed by atoms with Gasteiger partial charge in [0.15, 0.2) is 0 Å². The van der Waals surface area contributed by atoms with Gasteiger partial charge >= 0.3 is 0 Å². The summed E-state index contributed by atoms with van der Waals surface area (Å²) in [6, 6.07) is 8.39. The lowest BCUT2D eigenvalue weighted by atomic mass is 10.1. The monoisotopic (exact) mass is 351 g/mol. The Kier molecular flexibility index (Phi) is 5.42. The highest BCUT2D eigenvalue weighted by Gasteiger charge is 2.13. The number of ether oxygens (including phenoxy) is 1. The fourth-order valence-corrected chi connectivity index (χ4v) is 3.05. The zero-order valence-electron chi connectivity index (χ0n) is 13.0. The highest BCUT2D eigenvalue weighted by atomic mass is 79.9. The molecule has 0 fully saturated rings. The van der Waals surface area contributed by atoms with Crippen LogP contribution < -0.4 is 10.1 Å². The van der Waals surface area contributed by atoms with Gasteiger partial charge in [-0.15, -0.1) is 0 Å². The summed E-state index contributed by atoms with van der Waals surface area (Å²) in [7, 11) is 3.67. The molecule has 0 spiro atoms. The molecular formula is C16H22BrN3O. The second kappa shape index (κ2) is 7.09. The smallest absolute Gasteiger partial charge is 0.119 e. The Labute approximate surface area is 134 Å². The van der Waals surface area contributed by atoms with E-state index in [0.717, 1.165) is 28.9 Å². The van der Waals surface area contributed by atoms with Crippen LogP contribution in [-0.2, 0) is 20.0 Å². The number of rotatable bonds is 6. The van der Waals surface area contributed by atoms with Crippen molar-refractivity contribution < 1.29 is 4.74 Å². The number of nitrogens with zero attached hydrogens (tertiary/aromatic N) is 2. The van der Waals surface area contributed by atoms with Crippen LogP contribution in [0.2, 0.25) is 0 Å². The minimum absolute atomic E-state index is 0.243. The maximum absolute atomic E-state index is 5.27. The van der Waals surface area contributed by atoms with Crippen molar-refractivity contribution in [2.75, 3.05) is 7.11 Å². The summed E-state index contributed by atoms with van der Waals surface area (Å²) in [4.78, 5) is 0. The Morgan fingerprint density at radius 1 is 1.43 bits per heavy atom. The first-order valence-electron chi connectivity index (χ1n) is 7.14. The van der Waals surface area contributed by atoms with Gasteiger partial charge < -0.3 is 10.1 Å². The Bertz CT molecular complexity index is 610. The third-order valence-corrected chi connectivity index (χ3v) is 4.59. The van der Waals surface area contributed by atoms with Crippen molar-refractivity contribution in [2.24, 2.45) is 7.05 Å². The molecule has 0 amide bonds. The predicted octanol–water partition coefficient (Wildman–Crippen LogP) is 3.60. The quantitative estimate of drug-likeness (QED) is 0.863. The van der Waals surface area contributed by atoms with E-state index in [4.69, 9.17) is 4.74 Å². The summed E-state index contributed by atoms with van der Waals surface area (Å²) in [5, 5.41) is 8.06. The van der Waals surface area contributed by atoms with Gasteiger partial charge in [0, 0.05) is 19.6 Å². The molecule has 0 aliphatic heterocycles. The van der Waals surface area contributed by atoms with E-state index in [2.05, 4.69) is 52.3 Å². The summed E-state index contributed by atoms with van der Waals surface area (Å²) in [6.07, 6.45) is 0.930. The van der Waals surface area contributed by atoms with Gasteiger partial charge in [0.25, 0.3) is 0 Å². The largest absolute Gasteiger partial charge is 0.497 e. The molecule has 0 aliphatic rings. The van der Waals surface area contributed by atoms with E-state index in [1.54, 1.807) is 7.11 Å². The minimum atomic E-state index is 0.243. The number of nitrogens with one attached hydrogen (secondary N) is 1. The van der Waals surface area contributed by atoms with Crippen LogP contribution in [0.3, 0.4) is 0 Å². The molecule has 0 bridgehead atoms. The molecule has 2 rings (SSSR count). The minimum Gasteiger partial charge on any atom is -0.497 e. The second-order valence-corrected chi connectivity index (χ2v) is 5.86. The maximum Gasteiger partial charge on any atom is 0.119 e. The maximum atomic E-state index is 5.27. The molecule has 1 aromatic heterocycles. The molecule has 2 aromatic rings. The number of benzene rings is 1. The van der Waals surface area contributed by atoms with Crippen LogP contribution in [0.15, 0.2) is 28.7 Å². The lowest BCUT2D eigenvalue weighted by molar-refractivity contribution is 0.413. The standard InChI is InChI=1S/C16H22BrN3O/c1-5-14-16(17)15(20(3)19-14)10-18-11(2)12-7-6-8-13(9-12)21-4/h6-9,11,18H,5,10H2,1-4H3/t11-/m0/s1. The van der Waals surface area contributed by atoms with Gasteiger partial charge in [-0.25, -0.2) is 0 Å². The van der Waals surface area contributed by atoms with E-state index in [-0.39, 0.29) is 6.04 Å². The number of methoxy groups -OCH3 is 1. The Balaban J connectivity index is 2.07. The van der Waals surface area contributed by atoms with Crippen molar-refractivity contribution in [3.8, 4) is 5.75 Å².